The molecule has 2 rings (SSSR count). The first-order chi connectivity index (χ1) is 10.2. The highest BCUT2D eigenvalue weighted by molar-refractivity contribution is 5.85. The summed E-state index contributed by atoms with van der Waals surface area (Å²) in [6, 6.07) is 21.7. The van der Waals surface area contributed by atoms with Gasteiger partial charge in [0.15, 0.2) is 0 Å². The Hall–Kier alpha value is -1.82. The van der Waals surface area contributed by atoms with Gasteiger partial charge in [-0.05, 0) is 37.0 Å². The van der Waals surface area contributed by atoms with Gasteiger partial charge in [-0.3, -0.25) is 0 Å². The molecule has 0 saturated carbocycles. The maximum Gasteiger partial charge on any atom is 0.0669 e. The third-order valence-electron chi connectivity index (χ3n) is 3.65. The third-order valence-corrected chi connectivity index (χ3v) is 3.65. The van der Waals surface area contributed by atoms with Gasteiger partial charge in [0.05, 0.1) is 12.5 Å². The molecule has 22 heavy (non-hydrogen) atoms. The Labute approximate surface area is 139 Å². The smallest absolute Gasteiger partial charge is 0.0669 e. The number of nitrogens with one attached hydrogen (secondary N) is 1. The van der Waals surface area contributed by atoms with E-state index in [4.69, 9.17) is 5.26 Å². The maximum absolute atomic E-state index is 8.78. The molecule has 0 aliphatic carbocycles. The third kappa shape index (κ3) is 5.52. The van der Waals surface area contributed by atoms with Crippen molar-refractivity contribution in [2.45, 2.75) is 38.8 Å². The van der Waals surface area contributed by atoms with E-state index < -0.39 is 0 Å². The lowest BCUT2D eigenvalue weighted by Crippen LogP contribution is -2.30. The summed E-state index contributed by atoms with van der Waals surface area (Å²) < 4.78 is 0. The molecule has 0 bridgehead atoms. The quantitative estimate of drug-likeness (QED) is 0.854. The van der Waals surface area contributed by atoms with Gasteiger partial charge in [-0.1, -0.05) is 54.6 Å². The fourth-order valence-electron chi connectivity index (χ4n) is 2.64. The average Bonchev–Trinajstić information content (AvgIpc) is 2.48. The Morgan fingerprint density at radius 1 is 1.00 bits per heavy atom. The molecule has 0 radical (unpaired) electrons. The number of hydrogen-bond acceptors (Lipinski definition) is 2. The van der Waals surface area contributed by atoms with Gasteiger partial charge < -0.3 is 5.32 Å². The van der Waals surface area contributed by atoms with E-state index in [0.717, 1.165) is 12.0 Å². The largest absolute Gasteiger partial charge is 0.307 e. The normalized spacial score (nSPS) is 12.8. The van der Waals surface area contributed by atoms with Crippen LogP contribution in [0.4, 0.5) is 0 Å². The van der Waals surface area contributed by atoms with Crippen molar-refractivity contribution < 1.29 is 0 Å². The summed E-state index contributed by atoms with van der Waals surface area (Å²) in [6.45, 7) is 4.40. The molecule has 0 aromatic heterocycles. The zero-order valence-electron chi connectivity index (χ0n) is 13.1. The van der Waals surface area contributed by atoms with Gasteiger partial charge in [-0.25, -0.2) is 0 Å². The standard InChI is InChI=1S/C19H22N2.ClH/c1-15(21-16(2)19-9-4-3-5-10-19)13-18-8-6-7-17(14-18)11-12-20;/h3-10,14-16,21H,11,13H2,1-2H3;1H/t15?,16-;/m1./s1. The fourth-order valence-corrected chi connectivity index (χ4v) is 2.64. The lowest BCUT2D eigenvalue weighted by molar-refractivity contribution is 0.477. The Bertz CT molecular complexity index is 604. The van der Waals surface area contributed by atoms with Crippen LogP contribution in [0.25, 0.3) is 0 Å². The van der Waals surface area contributed by atoms with Gasteiger partial charge in [0.1, 0.15) is 0 Å². The zero-order valence-corrected chi connectivity index (χ0v) is 13.9. The molecule has 3 heteroatoms. The molecular weight excluding hydrogens is 292 g/mol. The Morgan fingerprint density at radius 2 is 1.68 bits per heavy atom. The number of nitriles is 1. The van der Waals surface area contributed by atoms with Crippen LogP contribution in [0.5, 0.6) is 0 Å². The topological polar surface area (TPSA) is 35.8 Å². The summed E-state index contributed by atoms with van der Waals surface area (Å²) in [5, 5.41) is 12.4. The van der Waals surface area contributed by atoms with Gasteiger partial charge in [0, 0.05) is 12.1 Å². The SMILES string of the molecule is CC(Cc1cccc(CC#N)c1)N[C@H](C)c1ccccc1.Cl. The molecule has 2 atom stereocenters. The number of halogens is 1. The van der Waals surface area contributed by atoms with Crippen LogP contribution in [0.15, 0.2) is 54.6 Å². The van der Waals surface area contributed by atoms with E-state index in [1.807, 2.05) is 18.2 Å². The Kier molecular flexibility index (Phi) is 7.66. The minimum atomic E-state index is 0. The highest BCUT2D eigenvalue weighted by atomic mass is 35.5. The van der Waals surface area contributed by atoms with Crippen LogP contribution in [0.1, 0.15) is 36.6 Å². The molecule has 0 aliphatic heterocycles. The summed E-state index contributed by atoms with van der Waals surface area (Å²) >= 11 is 0. The molecule has 0 fully saturated rings. The molecule has 0 aliphatic rings. The van der Waals surface area contributed by atoms with E-state index in [-0.39, 0.29) is 12.4 Å². The predicted octanol–water partition coefficient (Wildman–Crippen LogP) is 4.46. The number of nitrogens with zero attached hydrogens (tertiary/aromatic N) is 1. The Morgan fingerprint density at radius 3 is 2.36 bits per heavy atom. The molecule has 116 valence electrons. The van der Waals surface area contributed by atoms with Crippen molar-refractivity contribution in [2.24, 2.45) is 0 Å². The van der Waals surface area contributed by atoms with Crippen molar-refractivity contribution in [1.29, 1.82) is 5.26 Å². The maximum atomic E-state index is 8.78. The number of rotatable bonds is 6. The van der Waals surface area contributed by atoms with Crippen molar-refractivity contribution in [1.82, 2.24) is 5.32 Å². The van der Waals surface area contributed by atoms with E-state index >= 15 is 0 Å². The fraction of sp³-hybridized carbons (Fsp3) is 0.316. The van der Waals surface area contributed by atoms with E-state index in [0.29, 0.717) is 18.5 Å². The zero-order chi connectivity index (χ0) is 15.1. The molecule has 2 nitrogen and oxygen atoms in total. The van der Waals surface area contributed by atoms with Crippen LogP contribution in [0.3, 0.4) is 0 Å². The number of benzene rings is 2. The average molecular weight is 315 g/mol. The summed E-state index contributed by atoms with van der Waals surface area (Å²) in [5.41, 5.74) is 3.68. The molecule has 0 heterocycles. The van der Waals surface area contributed by atoms with Gasteiger partial charge in [0.2, 0.25) is 0 Å². The first-order valence-corrected chi connectivity index (χ1v) is 7.45. The van der Waals surface area contributed by atoms with E-state index in [9.17, 15) is 0 Å². The van der Waals surface area contributed by atoms with Crippen molar-refractivity contribution in [3.63, 3.8) is 0 Å². The number of hydrogen-bond donors (Lipinski definition) is 1. The van der Waals surface area contributed by atoms with Gasteiger partial charge in [0.25, 0.3) is 0 Å². The van der Waals surface area contributed by atoms with Gasteiger partial charge in [-0.15, -0.1) is 12.4 Å². The van der Waals surface area contributed by atoms with Crippen LogP contribution in [-0.4, -0.2) is 6.04 Å². The summed E-state index contributed by atoms with van der Waals surface area (Å²) in [7, 11) is 0. The second-order valence-electron chi connectivity index (χ2n) is 5.56. The lowest BCUT2D eigenvalue weighted by atomic mass is 10.0. The van der Waals surface area contributed by atoms with Crippen molar-refractivity contribution >= 4 is 12.4 Å². The first-order valence-electron chi connectivity index (χ1n) is 7.45. The minimum Gasteiger partial charge on any atom is -0.307 e. The first kappa shape index (κ1) is 18.2. The molecule has 0 saturated heterocycles. The van der Waals surface area contributed by atoms with E-state index in [1.165, 1.54) is 11.1 Å². The molecule has 1 N–H and O–H groups in total. The van der Waals surface area contributed by atoms with E-state index in [2.05, 4.69) is 61.6 Å². The second-order valence-corrected chi connectivity index (χ2v) is 5.56. The van der Waals surface area contributed by atoms with Crippen LogP contribution >= 0.6 is 12.4 Å². The van der Waals surface area contributed by atoms with E-state index in [1.54, 1.807) is 0 Å². The Balaban J connectivity index is 0.00000242. The monoisotopic (exact) mass is 314 g/mol. The van der Waals surface area contributed by atoms with Crippen LogP contribution in [0, 0.1) is 11.3 Å². The molecule has 2 aromatic rings. The summed E-state index contributed by atoms with van der Waals surface area (Å²) in [5.74, 6) is 0. The highest BCUT2D eigenvalue weighted by Gasteiger charge is 2.10. The molecule has 0 amide bonds. The summed E-state index contributed by atoms with van der Waals surface area (Å²) in [4.78, 5) is 0. The van der Waals surface area contributed by atoms with Crippen LogP contribution in [0.2, 0.25) is 0 Å². The molecule has 1 unspecified atom stereocenters. The molecule has 0 spiro atoms. The second kappa shape index (κ2) is 9.25. The predicted molar refractivity (Wildman–Crippen MR) is 94.2 cm³/mol. The molecule has 2 aromatic carbocycles. The van der Waals surface area contributed by atoms with Crippen LogP contribution < -0.4 is 5.32 Å². The summed E-state index contributed by atoms with van der Waals surface area (Å²) in [6.07, 6.45) is 1.45. The van der Waals surface area contributed by atoms with Crippen molar-refractivity contribution in [3.05, 3.63) is 71.3 Å². The highest BCUT2D eigenvalue weighted by Crippen LogP contribution is 2.14. The van der Waals surface area contributed by atoms with Gasteiger partial charge in [-0.2, -0.15) is 5.26 Å². The van der Waals surface area contributed by atoms with Crippen LogP contribution in [-0.2, 0) is 12.8 Å². The van der Waals surface area contributed by atoms with Gasteiger partial charge >= 0.3 is 0 Å². The minimum absolute atomic E-state index is 0. The van der Waals surface area contributed by atoms with Crippen molar-refractivity contribution in [2.75, 3.05) is 0 Å². The molecular formula is C19H23ClN2. The van der Waals surface area contributed by atoms with Crippen molar-refractivity contribution in [3.8, 4) is 6.07 Å². The lowest BCUT2D eigenvalue weighted by Gasteiger charge is -2.20.